The molecule has 0 bridgehead atoms. The standard InChI is InChI=1S/C17H24F3NS/c1-15(2,3)13-8-12(4-5-16(11-21)6-7-16)9-14(10-13)22-17(18,19)20/h8-10H,4-7,11,21H2,1-3H3. The lowest BCUT2D eigenvalue weighted by Gasteiger charge is -2.22. The van der Waals surface area contributed by atoms with Gasteiger partial charge in [0.05, 0.1) is 0 Å². The van der Waals surface area contributed by atoms with Crippen molar-refractivity contribution in [2.75, 3.05) is 6.54 Å². The molecule has 0 atom stereocenters. The van der Waals surface area contributed by atoms with Gasteiger partial charge in [-0.3, -0.25) is 0 Å². The minimum Gasteiger partial charge on any atom is -0.330 e. The van der Waals surface area contributed by atoms with Crippen LogP contribution in [0.15, 0.2) is 23.1 Å². The van der Waals surface area contributed by atoms with Crippen LogP contribution in [0.4, 0.5) is 13.2 Å². The van der Waals surface area contributed by atoms with Gasteiger partial charge in [-0.15, -0.1) is 0 Å². The van der Waals surface area contributed by atoms with E-state index in [1.807, 2.05) is 26.8 Å². The quantitative estimate of drug-likeness (QED) is 0.744. The summed E-state index contributed by atoms with van der Waals surface area (Å²) in [6.45, 7) is 6.75. The molecule has 0 amide bonds. The van der Waals surface area contributed by atoms with Crippen molar-refractivity contribution in [1.29, 1.82) is 0 Å². The van der Waals surface area contributed by atoms with Crippen molar-refractivity contribution in [2.45, 2.75) is 62.3 Å². The van der Waals surface area contributed by atoms with Crippen LogP contribution in [0, 0.1) is 5.41 Å². The molecule has 1 aromatic rings. The molecule has 5 heteroatoms. The van der Waals surface area contributed by atoms with E-state index in [1.54, 1.807) is 12.1 Å². The van der Waals surface area contributed by atoms with Gasteiger partial charge < -0.3 is 5.73 Å². The second-order valence-corrected chi connectivity index (χ2v) is 8.51. The molecule has 0 aromatic heterocycles. The van der Waals surface area contributed by atoms with E-state index in [9.17, 15) is 13.2 Å². The Morgan fingerprint density at radius 3 is 2.23 bits per heavy atom. The first-order valence-electron chi connectivity index (χ1n) is 7.63. The van der Waals surface area contributed by atoms with Gasteiger partial charge in [0.1, 0.15) is 0 Å². The average Bonchev–Trinajstić information content (AvgIpc) is 3.14. The lowest BCUT2D eigenvalue weighted by atomic mass is 9.85. The van der Waals surface area contributed by atoms with E-state index in [0.717, 1.165) is 36.8 Å². The Morgan fingerprint density at radius 1 is 1.14 bits per heavy atom. The Bertz CT molecular complexity index is 528. The average molecular weight is 331 g/mol. The van der Waals surface area contributed by atoms with Crippen molar-refractivity contribution in [2.24, 2.45) is 11.1 Å². The molecular formula is C17H24F3NS. The monoisotopic (exact) mass is 331 g/mol. The normalized spacial score (nSPS) is 17.6. The number of hydrogen-bond donors (Lipinski definition) is 1. The molecule has 0 saturated heterocycles. The van der Waals surface area contributed by atoms with E-state index in [1.165, 1.54) is 0 Å². The summed E-state index contributed by atoms with van der Waals surface area (Å²) in [5.74, 6) is 0. The number of thioether (sulfide) groups is 1. The van der Waals surface area contributed by atoms with Gasteiger partial charge in [-0.2, -0.15) is 13.2 Å². The molecule has 0 radical (unpaired) electrons. The molecule has 1 fully saturated rings. The van der Waals surface area contributed by atoms with Crippen LogP contribution in [0.1, 0.15) is 51.2 Å². The first-order chi connectivity index (χ1) is 10.0. The van der Waals surface area contributed by atoms with Crippen LogP contribution in [-0.2, 0) is 11.8 Å². The van der Waals surface area contributed by atoms with Crippen LogP contribution in [0.25, 0.3) is 0 Å². The highest BCUT2D eigenvalue weighted by atomic mass is 32.2. The molecule has 2 rings (SSSR count). The Labute approximate surface area is 134 Å². The van der Waals surface area contributed by atoms with Gasteiger partial charge in [0.25, 0.3) is 0 Å². The summed E-state index contributed by atoms with van der Waals surface area (Å²) in [5.41, 5.74) is 3.56. The van der Waals surface area contributed by atoms with Crippen LogP contribution in [0.5, 0.6) is 0 Å². The molecule has 1 aliphatic rings. The zero-order chi connectivity index (χ0) is 16.6. The summed E-state index contributed by atoms with van der Waals surface area (Å²) < 4.78 is 38.1. The first kappa shape index (κ1) is 17.7. The smallest absolute Gasteiger partial charge is 0.330 e. The molecule has 2 N–H and O–H groups in total. The zero-order valence-corrected chi connectivity index (χ0v) is 14.2. The molecule has 0 spiro atoms. The molecule has 1 nitrogen and oxygen atoms in total. The number of nitrogens with two attached hydrogens (primary N) is 1. The molecule has 1 aromatic carbocycles. The van der Waals surface area contributed by atoms with Crippen LogP contribution in [0.3, 0.4) is 0 Å². The lowest BCUT2D eigenvalue weighted by Crippen LogP contribution is -2.16. The van der Waals surface area contributed by atoms with Gasteiger partial charge in [-0.05, 0) is 78.1 Å². The molecule has 0 aliphatic heterocycles. The van der Waals surface area contributed by atoms with Crippen molar-refractivity contribution in [1.82, 2.24) is 0 Å². The maximum absolute atomic E-state index is 12.7. The number of benzene rings is 1. The molecule has 22 heavy (non-hydrogen) atoms. The maximum Gasteiger partial charge on any atom is 0.446 e. The van der Waals surface area contributed by atoms with Crippen molar-refractivity contribution in [3.63, 3.8) is 0 Å². The fourth-order valence-electron chi connectivity index (χ4n) is 2.57. The second kappa shape index (κ2) is 6.08. The van der Waals surface area contributed by atoms with Gasteiger partial charge in [-0.25, -0.2) is 0 Å². The van der Waals surface area contributed by atoms with Crippen molar-refractivity contribution < 1.29 is 13.2 Å². The Balaban J connectivity index is 2.22. The lowest BCUT2D eigenvalue weighted by molar-refractivity contribution is -0.0328. The number of rotatable bonds is 5. The molecule has 0 unspecified atom stereocenters. The fraction of sp³-hybridized carbons (Fsp3) is 0.647. The van der Waals surface area contributed by atoms with E-state index >= 15 is 0 Å². The minimum atomic E-state index is -4.25. The maximum atomic E-state index is 12.7. The van der Waals surface area contributed by atoms with E-state index < -0.39 is 5.51 Å². The van der Waals surface area contributed by atoms with Crippen LogP contribution in [0.2, 0.25) is 0 Å². The Morgan fingerprint density at radius 2 is 1.77 bits per heavy atom. The van der Waals surface area contributed by atoms with E-state index in [2.05, 4.69) is 0 Å². The number of halogens is 3. The minimum absolute atomic E-state index is 0.0248. The summed E-state index contributed by atoms with van der Waals surface area (Å²) in [7, 11) is 0. The van der Waals surface area contributed by atoms with Gasteiger partial charge in [0, 0.05) is 4.90 Å². The van der Waals surface area contributed by atoms with Gasteiger partial charge >= 0.3 is 5.51 Å². The number of hydrogen-bond acceptors (Lipinski definition) is 2. The van der Waals surface area contributed by atoms with Crippen LogP contribution >= 0.6 is 11.8 Å². The zero-order valence-electron chi connectivity index (χ0n) is 13.4. The fourth-order valence-corrected chi connectivity index (χ4v) is 3.24. The SMILES string of the molecule is CC(C)(C)c1cc(CCC2(CN)CC2)cc(SC(F)(F)F)c1. The third-order valence-corrected chi connectivity index (χ3v) is 5.10. The van der Waals surface area contributed by atoms with Crippen molar-refractivity contribution in [3.8, 4) is 0 Å². The van der Waals surface area contributed by atoms with Crippen LogP contribution < -0.4 is 5.73 Å². The Hall–Kier alpha value is -0.680. The largest absolute Gasteiger partial charge is 0.446 e. The van der Waals surface area contributed by atoms with E-state index in [4.69, 9.17) is 5.73 Å². The summed E-state index contributed by atoms with van der Waals surface area (Å²) >= 11 is -0.0248. The predicted molar refractivity (Wildman–Crippen MR) is 86.1 cm³/mol. The number of aryl methyl sites for hydroxylation is 1. The van der Waals surface area contributed by atoms with Gasteiger partial charge in [0.15, 0.2) is 0 Å². The highest BCUT2D eigenvalue weighted by Gasteiger charge is 2.40. The third kappa shape index (κ3) is 4.92. The molecule has 1 saturated carbocycles. The summed E-state index contributed by atoms with van der Waals surface area (Å²) in [4.78, 5) is 0.285. The van der Waals surface area contributed by atoms with Gasteiger partial charge in [-0.1, -0.05) is 26.8 Å². The predicted octanol–water partition coefficient (Wildman–Crippen LogP) is 5.27. The number of alkyl halides is 3. The topological polar surface area (TPSA) is 26.0 Å². The Kier molecular flexibility index (Phi) is 4.88. The summed E-state index contributed by atoms with van der Waals surface area (Å²) in [6, 6.07) is 5.39. The molecular weight excluding hydrogens is 307 g/mol. The summed E-state index contributed by atoms with van der Waals surface area (Å²) in [5, 5.41) is 0. The molecule has 124 valence electrons. The molecule has 1 aliphatic carbocycles. The van der Waals surface area contributed by atoms with Crippen molar-refractivity contribution >= 4 is 11.8 Å². The van der Waals surface area contributed by atoms with E-state index in [0.29, 0.717) is 6.54 Å². The highest BCUT2D eigenvalue weighted by molar-refractivity contribution is 8.00. The second-order valence-electron chi connectivity index (χ2n) is 7.37. The van der Waals surface area contributed by atoms with Crippen LogP contribution in [-0.4, -0.2) is 12.1 Å². The third-order valence-electron chi connectivity index (χ3n) is 4.40. The van der Waals surface area contributed by atoms with Gasteiger partial charge in [0.2, 0.25) is 0 Å². The summed E-state index contributed by atoms with van der Waals surface area (Å²) in [6.07, 6.45) is 4.05. The van der Waals surface area contributed by atoms with Crippen molar-refractivity contribution in [3.05, 3.63) is 29.3 Å². The highest BCUT2D eigenvalue weighted by Crippen LogP contribution is 2.48. The van der Waals surface area contributed by atoms with E-state index in [-0.39, 0.29) is 27.5 Å². The first-order valence-corrected chi connectivity index (χ1v) is 8.45. The molecule has 0 heterocycles.